The lowest BCUT2D eigenvalue weighted by molar-refractivity contribution is -0.126. The van der Waals surface area contributed by atoms with Crippen molar-refractivity contribution in [1.82, 2.24) is 10.3 Å². The molecule has 1 aliphatic rings. The zero-order valence-corrected chi connectivity index (χ0v) is 12.2. The summed E-state index contributed by atoms with van der Waals surface area (Å²) in [6.07, 6.45) is 9.50. The molecule has 0 spiro atoms. The standard InChI is InChI=1S/C16H24N2O/c1-11-9-17-10-12(2)15(11)13(3)18-16(19)14-7-5-4-6-8-14/h9-10,13-14H,4-8H2,1-3H3,(H,18,19). The Hall–Kier alpha value is -1.38. The normalized spacial score (nSPS) is 18.1. The van der Waals surface area contributed by atoms with Crippen molar-refractivity contribution < 1.29 is 4.79 Å². The van der Waals surface area contributed by atoms with Gasteiger partial charge in [-0.2, -0.15) is 0 Å². The smallest absolute Gasteiger partial charge is 0.223 e. The number of hydrogen-bond acceptors (Lipinski definition) is 2. The quantitative estimate of drug-likeness (QED) is 0.904. The maximum atomic E-state index is 12.3. The van der Waals surface area contributed by atoms with Gasteiger partial charge in [0.2, 0.25) is 5.91 Å². The average Bonchev–Trinajstić information content (AvgIpc) is 2.39. The Morgan fingerprint density at radius 2 is 1.79 bits per heavy atom. The van der Waals surface area contributed by atoms with E-state index in [9.17, 15) is 4.79 Å². The summed E-state index contributed by atoms with van der Waals surface area (Å²) in [7, 11) is 0. The van der Waals surface area contributed by atoms with Crippen molar-refractivity contribution in [2.45, 2.75) is 58.9 Å². The van der Waals surface area contributed by atoms with Gasteiger partial charge in [-0.05, 0) is 50.3 Å². The zero-order valence-electron chi connectivity index (χ0n) is 12.2. The molecule has 3 heteroatoms. The third kappa shape index (κ3) is 3.34. The van der Waals surface area contributed by atoms with Crippen LogP contribution >= 0.6 is 0 Å². The first-order chi connectivity index (χ1) is 9.09. The van der Waals surface area contributed by atoms with E-state index in [1.54, 1.807) is 0 Å². The minimum atomic E-state index is 0.0671. The summed E-state index contributed by atoms with van der Waals surface area (Å²) in [6, 6.07) is 0.0671. The highest BCUT2D eigenvalue weighted by atomic mass is 16.1. The number of aryl methyl sites for hydroxylation is 2. The minimum Gasteiger partial charge on any atom is -0.349 e. The fourth-order valence-electron chi connectivity index (χ4n) is 3.16. The van der Waals surface area contributed by atoms with Crippen molar-refractivity contribution in [2.75, 3.05) is 0 Å². The highest BCUT2D eigenvalue weighted by Gasteiger charge is 2.23. The number of nitrogens with one attached hydrogen (secondary N) is 1. The van der Waals surface area contributed by atoms with Crippen molar-refractivity contribution in [3.8, 4) is 0 Å². The molecule has 1 saturated carbocycles. The molecule has 0 saturated heterocycles. The molecule has 2 rings (SSSR count). The van der Waals surface area contributed by atoms with E-state index in [0.717, 1.165) is 24.0 Å². The molecule has 19 heavy (non-hydrogen) atoms. The first-order valence-electron chi connectivity index (χ1n) is 7.31. The van der Waals surface area contributed by atoms with Gasteiger partial charge in [0.15, 0.2) is 0 Å². The van der Waals surface area contributed by atoms with Crippen molar-refractivity contribution in [1.29, 1.82) is 0 Å². The number of hydrogen-bond donors (Lipinski definition) is 1. The molecule has 1 amide bonds. The van der Waals surface area contributed by atoms with Crippen LogP contribution in [0.5, 0.6) is 0 Å². The lowest BCUT2D eigenvalue weighted by Crippen LogP contribution is -2.34. The summed E-state index contributed by atoms with van der Waals surface area (Å²) in [6.45, 7) is 6.17. The zero-order chi connectivity index (χ0) is 13.8. The number of pyridine rings is 1. The SMILES string of the molecule is Cc1cncc(C)c1C(C)NC(=O)C1CCCCC1. The number of rotatable bonds is 3. The van der Waals surface area contributed by atoms with Crippen LogP contribution in [0.25, 0.3) is 0 Å². The molecule has 0 aliphatic heterocycles. The first kappa shape index (κ1) is 14.0. The fourth-order valence-corrected chi connectivity index (χ4v) is 3.16. The maximum Gasteiger partial charge on any atom is 0.223 e. The fraction of sp³-hybridized carbons (Fsp3) is 0.625. The van der Waals surface area contributed by atoms with Crippen LogP contribution in [0.15, 0.2) is 12.4 Å². The Balaban J connectivity index is 2.04. The second kappa shape index (κ2) is 6.18. The second-order valence-electron chi connectivity index (χ2n) is 5.75. The minimum absolute atomic E-state index is 0.0671. The van der Waals surface area contributed by atoms with Gasteiger partial charge in [0.05, 0.1) is 6.04 Å². The van der Waals surface area contributed by atoms with Crippen molar-refractivity contribution >= 4 is 5.91 Å². The van der Waals surface area contributed by atoms with Gasteiger partial charge in [0.1, 0.15) is 0 Å². The van der Waals surface area contributed by atoms with E-state index in [2.05, 4.69) is 31.1 Å². The van der Waals surface area contributed by atoms with Crippen molar-refractivity contribution in [2.24, 2.45) is 5.92 Å². The molecular formula is C16H24N2O. The van der Waals surface area contributed by atoms with E-state index in [4.69, 9.17) is 0 Å². The highest BCUT2D eigenvalue weighted by Crippen LogP contribution is 2.26. The monoisotopic (exact) mass is 260 g/mol. The first-order valence-corrected chi connectivity index (χ1v) is 7.31. The molecular weight excluding hydrogens is 236 g/mol. The van der Waals surface area contributed by atoms with Gasteiger partial charge in [-0.3, -0.25) is 9.78 Å². The van der Waals surface area contributed by atoms with Gasteiger partial charge in [0, 0.05) is 18.3 Å². The maximum absolute atomic E-state index is 12.3. The Labute approximate surface area is 115 Å². The summed E-state index contributed by atoms with van der Waals surface area (Å²) >= 11 is 0. The molecule has 0 radical (unpaired) electrons. The molecule has 0 aromatic carbocycles. The van der Waals surface area contributed by atoms with Gasteiger partial charge in [-0.25, -0.2) is 0 Å². The summed E-state index contributed by atoms with van der Waals surface area (Å²) in [4.78, 5) is 16.5. The highest BCUT2D eigenvalue weighted by molar-refractivity contribution is 5.79. The average molecular weight is 260 g/mol. The third-order valence-corrected chi connectivity index (χ3v) is 4.15. The van der Waals surface area contributed by atoms with Gasteiger partial charge in [0.25, 0.3) is 0 Å². The van der Waals surface area contributed by atoms with E-state index in [0.29, 0.717) is 0 Å². The van der Waals surface area contributed by atoms with E-state index >= 15 is 0 Å². The molecule has 1 N–H and O–H groups in total. The van der Waals surface area contributed by atoms with Crippen LogP contribution in [-0.2, 0) is 4.79 Å². The lowest BCUT2D eigenvalue weighted by atomic mass is 9.88. The Morgan fingerprint density at radius 1 is 1.21 bits per heavy atom. The summed E-state index contributed by atoms with van der Waals surface area (Å²) in [5.74, 6) is 0.446. The predicted molar refractivity (Wildman–Crippen MR) is 76.8 cm³/mol. The summed E-state index contributed by atoms with van der Waals surface area (Å²) in [5, 5.41) is 3.18. The van der Waals surface area contributed by atoms with Gasteiger partial charge >= 0.3 is 0 Å². The molecule has 1 aromatic rings. The Morgan fingerprint density at radius 3 is 2.37 bits per heavy atom. The molecule has 1 aliphatic carbocycles. The Bertz CT molecular complexity index is 430. The van der Waals surface area contributed by atoms with Crippen LogP contribution in [-0.4, -0.2) is 10.9 Å². The summed E-state index contributed by atoms with van der Waals surface area (Å²) < 4.78 is 0. The van der Waals surface area contributed by atoms with Crippen LogP contribution in [0.2, 0.25) is 0 Å². The topological polar surface area (TPSA) is 42.0 Å². The van der Waals surface area contributed by atoms with Crippen LogP contribution in [0.1, 0.15) is 61.8 Å². The lowest BCUT2D eigenvalue weighted by Gasteiger charge is -2.24. The molecule has 3 nitrogen and oxygen atoms in total. The molecule has 1 fully saturated rings. The molecule has 0 bridgehead atoms. The number of aromatic nitrogens is 1. The van der Waals surface area contributed by atoms with Gasteiger partial charge in [-0.1, -0.05) is 19.3 Å². The number of amides is 1. The van der Waals surface area contributed by atoms with Crippen LogP contribution in [0, 0.1) is 19.8 Å². The molecule has 1 aromatic heterocycles. The number of carbonyl (C=O) groups is 1. The van der Waals surface area contributed by atoms with E-state index < -0.39 is 0 Å². The number of nitrogens with zero attached hydrogens (tertiary/aromatic N) is 1. The van der Waals surface area contributed by atoms with Crippen LogP contribution < -0.4 is 5.32 Å². The van der Waals surface area contributed by atoms with Crippen molar-refractivity contribution in [3.05, 3.63) is 29.1 Å². The number of carbonyl (C=O) groups excluding carboxylic acids is 1. The third-order valence-electron chi connectivity index (χ3n) is 4.15. The van der Waals surface area contributed by atoms with Gasteiger partial charge in [-0.15, -0.1) is 0 Å². The van der Waals surface area contributed by atoms with E-state index in [1.807, 2.05) is 12.4 Å². The second-order valence-corrected chi connectivity index (χ2v) is 5.75. The van der Waals surface area contributed by atoms with Crippen LogP contribution in [0.4, 0.5) is 0 Å². The largest absolute Gasteiger partial charge is 0.349 e. The van der Waals surface area contributed by atoms with Crippen LogP contribution in [0.3, 0.4) is 0 Å². The van der Waals surface area contributed by atoms with Gasteiger partial charge < -0.3 is 5.32 Å². The summed E-state index contributed by atoms with van der Waals surface area (Å²) in [5.41, 5.74) is 3.51. The van der Waals surface area contributed by atoms with E-state index in [-0.39, 0.29) is 17.9 Å². The Kier molecular flexibility index (Phi) is 4.56. The van der Waals surface area contributed by atoms with E-state index in [1.165, 1.54) is 24.8 Å². The predicted octanol–water partition coefficient (Wildman–Crippen LogP) is 3.46. The van der Waals surface area contributed by atoms with Crippen molar-refractivity contribution in [3.63, 3.8) is 0 Å². The molecule has 1 heterocycles. The molecule has 1 atom stereocenters. The molecule has 104 valence electrons. The molecule has 1 unspecified atom stereocenters.